The molecule has 0 amide bonds. The molecule has 1 aromatic carbocycles. The van der Waals surface area contributed by atoms with E-state index in [4.69, 9.17) is 9.47 Å². The van der Waals surface area contributed by atoms with E-state index in [1.807, 2.05) is 25.2 Å². The average Bonchev–Trinajstić information content (AvgIpc) is 2.51. The molecule has 0 aliphatic heterocycles. The first-order valence-corrected chi connectivity index (χ1v) is 8.38. The van der Waals surface area contributed by atoms with E-state index in [1.54, 1.807) is 14.0 Å². The van der Waals surface area contributed by atoms with Gasteiger partial charge in [0, 0.05) is 19.6 Å². The quantitative estimate of drug-likeness (QED) is 0.676. The molecule has 132 valence electrons. The van der Waals surface area contributed by atoms with E-state index in [9.17, 15) is 5.11 Å². The number of hydrogen-bond donors (Lipinski definition) is 1. The Kier molecular flexibility index (Phi) is 8.99. The number of likely N-dealkylation sites (N-methyl/N-ethyl adjacent to an activating group) is 2. The zero-order chi connectivity index (χ0) is 17.2. The summed E-state index contributed by atoms with van der Waals surface area (Å²) >= 11 is 0. The molecular formula is C18H32N2O3. The van der Waals surface area contributed by atoms with Crippen molar-refractivity contribution in [2.75, 3.05) is 46.9 Å². The number of hydrogen-bond acceptors (Lipinski definition) is 5. The summed E-state index contributed by atoms with van der Waals surface area (Å²) in [5.41, 5.74) is 1.14. The van der Waals surface area contributed by atoms with E-state index in [1.165, 1.54) is 0 Å². The smallest absolute Gasteiger partial charge is 0.161 e. The normalized spacial score (nSPS) is 12.7. The van der Waals surface area contributed by atoms with Crippen LogP contribution in [0.5, 0.6) is 11.5 Å². The summed E-state index contributed by atoms with van der Waals surface area (Å²) in [4.78, 5) is 4.41. The molecule has 0 heterocycles. The predicted molar refractivity (Wildman–Crippen MR) is 94.3 cm³/mol. The van der Waals surface area contributed by atoms with Gasteiger partial charge >= 0.3 is 0 Å². The number of aliphatic hydroxyl groups excluding tert-OH is 1. The second-order valence-corrected chi connectivity index (χ2v) is 5.91. The SMILES string of the molecule is CCN(CC)CCOc1ccc(CN(C)CC(C)O)cc1OC. The second kappa shape index (κ2) is 10.5. The van der Waals surface area contributed by atoms with Crippen LogP contribution in [0.3, 0.4) is 0 Å². The van der Waals surface area contributed by atoms with E-state index in [0.717, 1.165) is 43.2 Å². The minimum atomic E-state index is -0.329. The number of aliphatic hydroxyl groups is 1. The van der Waals surface area contributed by atoms with Gasteiger partial charge in [-0.05, 0) is 44.8 Å². The summed E-state index contributed by atoms with van der Waals surface area (Å²) in [5.74, 6) is 1.54. The first-order chi connectivity index (χ1) is 11.0. The molecule has 0 fully saturated rings. The Labute approximate surface area is 140 Å². The summed E-state index contributed by atoms with van der Waals surface area (Å²) < 4.78 is 11.3. The maximum absolute atomic E-state index is 9.44. The van der Waals surface area contributed by atoms with Crippen LogP contribution in [0.1, 0.15) is 26.3 Å². The molecule has 1 rings (SSSR count). The van der Waals surface area contributed by atoms with E-state index in [2.05, 4.69) is 23.6 Å². The molecule has 1 aromatic rings. The van der Waals surface area contributed by atoms with Gasteiger partial charge in [-0.1, -0.05) is 19.9 Å². The number of nitrogens with zero attached hydrogens (tertiary/aromatic N) is 2. The Morgan fingerprint density at radius 3 is 2.43 bits per heavy atom. The van der Waals surface area contributed by atoms with Gasteiger partial charge in [0.1, 0.15) is 6.61 Å². The predicted octanol–water partition coefficient (Wildman–Crippen LogP) is 2.23. The third kappa shape index (κ3) is 7.20. The zero-order valence-corrected chi connectivity index (χ0v) is 15.2. The highest BCUT2D eigenvalue weighted by atomic mass is 16.5. The zero-order valence-electron chi connectivity index (χ0n) is 15.2. The molecular weight excluding hydrogens is 292 g/mol. The van der Waals surface area contributed by atoms with Crippen LogP contribution in [0.2, 0.25) is 0 Å². The van der Waals surface area contributed by atoms with Crippen LogP contribution >= 0.6 is 0 Å². The van der Waals surface area contributed by atoms with E-state index in [0.29, 0.717) is 13.2 Å². The second-order valence-electron chi connectivity index (χ2n) is 5.91. The van der Waals surface area contributed by atoms with Crippen molar-refractivity contribution in [3.05, 3.63) is 23.8 Å². The minimum absolute atomic E-state index is 0.329. The maximum Gasteiger partial charge on any atom is 0.161 e. The molecule has 1 atom stereocenters. The van der Waals surface area contributed by atoms with Crippen LogP contribution in [-0.4, -0.2) is 68.0 Å². The molecule has 1 unspecified atom stereocenters. The molecule has 0 aliphatic carbocycles. The van der Waals surface area contributed by atoms with Crippen molar-refractivity contribution < 1.29 is 14.6 Å². The van der Waals surface area contributed by atoms with E-state index < -0.39 is 0 Å². The van der Waals surface area contributed by atoms with Gasteiger partial charge in [-0.25, -0.2) is 0 Å². The highest BCUT2D eigenvalue weighted by Gasteiger charge is 2.09. The van der Waals surface area contributed by atoms with E-state index in [-0.39, 0.29) is 6.10 Å². The summed E-state index contributed by atoms with van der Waals surface area (Å²) in [5, 5.41) is 9.44. The average molecular weight is 324 g/mol. The summed E-state index contributed by atoms with van der Waals surface area (Å²) in [7, 11) is 3.66. The van der Waals surface area contributed by atoms with Crippen molar-refractivity contribution >= 4 is 0 Å². The minimum Gasteiger partial charge on any atom is -0.493 e. The van der Waals surface area contributed by atoms with Crippen LogP contribution in [-0.2, 0) is 6.54 Å². The fraction of sp³-hybridized carbons (Fsp3) is 0.667. The topological polar surface area (TPSA) is 45.2 Å². The van der Waals surface area contributed by atoms with Crippen molar-refractivity contribution in [1.82, 2.24) is 9.80 Å². The van der Waals surface area contributed by atoms with Crippen LogP contribution in [0.15, 0.2) is 18.2 Å². The summed E-state index contributed by atoms with van der Waals surface area (Å²) in [6.45, 7) is 11.1. The van der Waals surface area contributed by atoms with Crippen molar-refractivity contribution in [1.29, 1.82) is 0 Å². The molecule has 23 heavy (non-hydrogen) atoms. The van der Waals surface area contributed by atoms with Gasteiger partial charge in [0.25, 0.3) is 0 Å². The van der Waals surface area contributed by atoms with Crippen molar-refractivity contribution in [3.8, 4) is 11.5 Å². The fourth-order valence-corrected chi connectivity index (χ4v) is 2.58. The molecule has 0 aliphatic rings. The lowest BCUT2D eigenvalue weighted by Gasteiger charge is -2.20. The maximum atomic E-state index is 9.44. The van der Waals surface area contributed by atoms with Gasteiger partial charge in [0.2, 0.25) is 0 Å². The Hall–Kier alpha value is -1.30. The lowest BCUT2D eigenvalue weighted by molar-refractivity contribution is 0.138. The lowest BCUT2D eigenvalue weighted by Crippen LogP contribution is -2.28. The van der Waals surface area contributed by atoms with Gasteiger partial charge in [-0.15, -0.1) is 0 Å². The Bertz CT molecular complexity index is 448. The lowest BCUT2D eigenvalue weighted by atomic mass is 10.2. The third-order valence-corrected chi connectivity index (χ3v) is 3.82. The van der Waals surface area contributed by atoms with Crippen LogP contribution in [0.4, 0.5) is 0 Å². The van der Waals surface area contributed by atoms with Crippen LogP contribution in [0.25, 0.3) is 0 Å². The molecule has 5 nitrogen and oxygen atoms in total. The Morgan fingerprint density at radius 2 is 1.87 bits per heavy atom. The van der Waals surface area contributed by atoms with E-state index >= 15 is 0 Å². The molecule has 0 spiro atoms. The van der Waals surface area contributed by atoms with Crippen LogP contribution < -0.4 is 9.47 Å². The van der Waals surface area contributed by atoms with Gasteiger partial charge < -0.3 is 19.5 Å². The number of methoxy groups -OCH3 is 1. The highest BCUT2D eigenvalue weighted by Crippen LogP contribution is 2.28. The van der Waals surface area contributed by atoms with Crippen molar-refractivity contribution in [3.63, 3.8) is 0 Å². The Morgan fingerprint density at radius 1 is 1.17 bits per heavy atom. The summed E-state index contributed by atoms with van der Waals surface area (Å²) in [6.07, 6.45) is -0.329. The van der Waals surface area contributed by atoms with Crippen molar-refractivity contribution in [2.45, 2.75) is 33.4 Å². The van der Waals surface area contributed by atoms with Gasteiger partial charge in [0.15, 0.2) is 11.5 Å². The fourth-order valence-electron chi connectivity index (χ4n) is 2.58. The largest absolute Gasteiger partial charge is 0.493 e. The van der Waals surface area contributed by atoms with Crippen LogP contribution in [0, 0.1) is 0 Å². The number of ether oxygens (including phenoxy) is 2. The summed E-state index contributed by atoms with van der Waals surface area (Å²) in [6, 6.07) is 6.02. The highest BCUT2D eigenvalue weighted by molar-refractivity contribution is 5.43. The molecule has 0 aromatic heterocycles. The number of rotatable bonds is 11. The molecule has 0 bridgehead atoms. The van der Waals surface area contributed by atoms with Gasteiger partial charge in [0.05, 0.1) is 13.2 Å². The first-order valence-electron chi connectivity index (χ1n) is 8.38. The number of benzene rings is 1. The molecule has 5 heteroatoms. The third-order valence-electron chi connectivity index (χ3n) is 3.82. The monoisotopic (exact) mass is 324 g/mol. The molecule has 0 saturated carbocycles. The van der Waals surface area contributed by atoms with Gasteiger partial charge in [-0.2, -0.15) is 0 Å². The molecule has 1 N–H and O–H groups in total. The molecule has 0 radical (unpaired) electrons. The van der Waals surface area contributed by atoms with Crippen molar-refractivity contribution in [2.24, 2.45) is 0 Å². The van der Waals surface area contributed by atoms with Gasteiger partial charge in [-0.3, -0.25) is 4.90 Å². The first kappa shape index (κ1) is 19.7. The standard InChI is InChI=1S/C18H32N2O3/c1-6-20(7-2)10-11-23-17-9-8-16(12-18(17)22-5)14-19(4)13-15(3)21/h8-9,12,15,21H,6-7,10-11,13-14H2,1-5H3. The molecule has 0 saturated heterocycles. The Balaban J connectivity index is 2.61.